The highest BCUT2D eigenvalue weighted by Crippen LogP contribution is 2.41. The first-order valence-electron chi connectivity index (χ1n) is 9.60. The van der Waals surface area contributed by atoms with Crippen molar-refractivity contribution in [2.75, 3.05) is 39.5 Å². The number of hydrogen-bond acceptors (Lipinski definition) is 7. The first-order valence-corrected chi connectivity index (χ1v) is 10.8. The molecule has 0 aliphatic carbocycles. The summed E-state index contributed by atoms with van der Waals surface area (Å²) in [6.07, 6.45) is 1.95. The summed E-state index contributed by atoms with van der Waals surface area (Å²) >= 11 is 1.49. The van der Waals surface area contributed by atoms with E-state index >= 15 is 0 Å². The van der Waals surface area contributed by atoms with Gasteiger partial charge in [0.15, 0.2) is 22.5 Å². The average molecular weight is 443 g/mol. The Hall–Kier alpha value is -3.33. The van der Waals surface area contributed by atoms with Gasteiger partial charge in [0.25, 0.3) is 0 Å². The van der Waals surface area contributed by atoms with Crippen LogP contribution in [-0.4, -0.2) is 49.6 Å². The quantitative estimate of drug-likeness (QED) is 0.376. The molecule has 2 N–H and O–H groups in total. The number of aromatic amines is 1. The lowest BCUT2D eigenvalue weighted by Crippen LogP contribution is -2.06. The number of aliphatic imine (C=N–C) groups is 1. The van der Waals surface area contributed by atoms with Crippen molar-refractivity contribution in [2.45, 2.75) is 6.92 Å². The van der Waals surface area contributed by atoms with E-state index in [9.17, 15) is 0 Å². The molecule has 9 heteroatoms. The van der Waals surface area contributed by atoms with Gasteiger partial charge in [-0.05, 0) is 49.6 Å². The SMILES string of the molecule is CCOc1ccc(NC(=Nc2cc(-c3cc(OC)c(OC)c(OC)c3)[nH]n2)SC)cc1. The van der Waals surface area contributed by atoms with Gasteiger partial charge in [0.05, 0.1) is 33.6 Å². The van der Waals surface area contributed by atoms with E-state index in [1.54, 1.807) is 21.3 Å². The monoisotopic (exact) mass is 442 g/mol. The molecule has 0 aliphatic rings. The molecule has 0 unspecified atom stereocenters. The summed E-state index contributed by atoms with van der Waals surface area (Å²) in [5.41, 5.74) is 2.53. The van der Waals surface area contributed by atoms with Crippen molar-refractivity contribution < 1.29 is 18.9 Å². The van der Waals surface area contributed by atoms with E-state index in [4.69, 9.17) is 18.9 Å². The molecular weight excluding hydrogens is 416 g/mol. The first-order chi connectivity index (χ1) is 15.1. The number of thioether (sulfide) groups is 1. The number of benzene rings is 2. The van der Waals surface area contributed by atoms with Gasteiger partial charge in [-0.3, -0.25) is 5.10 Å². The molecule has 1 aromatic heterocycles. The van der Waals surface area contributed by atoms with Crippen molar-refractivity contribution in [3.8, 4) is 34.3 Å². The van der Waals surface area contributed by atoms with Gasteiger partial charge < -0.3 is 24.3 Å². The Bertz CT molecular complexity index is 1010. The minimum Gasteiger partial charge on any atom is -0.494 e. The third-order valence-corrected chi connectivity index (χ3v) is 4.95. The maximum Gasteiger partial charge on any atom is 0.203 e. The zero-order valence-electron chi connectivity index (χ0n) is 18.2. The summed E-state index contributed by atoms with van der Waals surface area (Å²) < 4.78 is 21.7. The van der Waals surface area contributed by atoms with Crippen molar-refractivity contribution in [3.05, 3.63) is 42.5 Å². The van der Waals surface area contributed by atoms with E-state index in [1.807, 2.05) is 55.6 Å². The number of aromatic nitrogens is 2. The molecular formula is C22H26N4O4S. The smallest absolute Gasteiger partial charge is 0.203 e. The van der Waals surface area contributed by atoms with E-state index in [2.05, 4.69) is 20.5 Å². The largest absolute Gasteiger partial charge is 0.494 e. The lowest BCUT2D eigenvalue weighted by atomic mass is 10.1. The molecule has 0 atom stereocenters. The lowest BCUT2D eigenvalue weighted by molar-refractivity contribution is 0.324. The summed E-state index contributed by atoms with van der Waals surface area (Å²) in [4.78, 5) is 4.60. The summed E-state index contributed by atoms with van der Waals surface area (Å²) in [6.45, 7) is 2.60. The standard InChI is InChI=1S/C22H26N4O4S/c1-6-30-16-9-7-15(8-10-16)23-22(31-5)24-20-13-17(25-26-20)14-11-18(27-2)21(29-4)19(12-14)28-3/h7-13H,6H2,1-5H3,(H2,23,24,25,26). The number of H-pyrrole nitrogens is 1. The molecule has 2 aromatic carbocycles. The molecule has 0 radical (unpaired) electrons. The Morgan fingerprint density at radius 3 is 2.26 bits per heavy atom. The molecule has 31 heavy (non-hydrogen) atoms. The van der Waals surface area contributed by atoms with E-state index in [0.29, 0.717) is 34.8 Å². The number of nitrogens with zero attached hydrogens (tertiary/aromatic N) is 2. The molecule has 1 heterocycles. The van der Waals surface area contributed by atoms with Gasteiger partial charge in [-0.1, -0.05) is 11.8 Å². The zero-order chi connectivity index (χ0) is 22.2. The maximum absolute atomic E-state index is 5.48. The molecule has 3 rings (SSSR count). The van der Waals surface area contributed by atoms with Crippen molar-refractivity contribution in [1.29, 1.82) is 0 Å². The second kappa shape index (κ2) is 10.6. The van der Waals surface area contributed by atoms with Crippen LogP contribution in [0.25, 0.3) is 11.3 Å². The van der Waals surface area contributed by atoms with Gasteiger partial charge >= 0.3 is 0 Å². The number of methoxy groups -OCH3 is 3. The highest BCUT2D eigenvalue weighted by atomic mass is 32.2. The van der Waals surface area contributed by atoms with Crippen LogP contribution < -0.4 is 24.3 Å². The van der Waals surface area contributed by atoms with E-state index in [-0.39, 0.29) is 0 Å². The minimum atomic E-state index is 0.538. The molecule has 0 saturated carbocycles. The molecule has 0 bridgehead atoms. The van der Waals surface area contributed by atoms with Crippen molar-refractivity contribution in [2.24, 2.45) is 4.99 Å². The van der Waals surface area contributed by atoms with Crippen molar-refractivity contribution in [3.63, 3.8) is 0 Å². The Morgan fingerprint density at radius 2 is 1.71 bits per heavy atom. The highest BCUT2D eigenvalue weighted by Gasteiger charge is 2.15. The number of anilines is 1. The molecule has 0 saturated heterocycles. The van der Waals surface area contributed by atoms with Crippen LogP contribution >= 0.6 is 11.8 Å². The van der Waals surface area contributed by atoms with Gasteiger partial charge in [0, 0.05) is 17.3 Å². The third kappa shape index (κ3) is 5.43. The average Bonchev–Trinajstić information content (AvgIpc) is 3.27. The number of hydrogen-bond donors (Lipinski definition) is 2. The van der Waals surface area contributed by atoms with Crippen LogP contribution in [-0.2, 0) is 0 Å². The number of amidine groups is 1. The topological polar surface area (TPSA) is 90.0 Å². The second-order valence-electron chi connectivity index (χ2n) is 6.26. The van der Waals surface area contributed by atoms with Gasteiger partial charge in [-0.2, -0.15) is 5.10 Å². The van der Waals surface area contributed by atoms with E-state index in [0.717, 1.165) is 22.7 Å². The second-order valence-corrected chi connectivity index (χ2v) is 7.05. The zero-order valence-corrected chi connectivity index (χ0v) is 19.0. The molecule has 0 aliphatic heterocycles. The molecule has 8 nitrogen and oxygen atoms in total. The number of nitrogens with one attached hydrogen (secondary N) is 2. The van der Waals surface area contributed by atoms with Crippen LogP contribution in [0, 0.1) is 0 Å². The van der Waals surface area contributed by atoms with Gasteiger partial charge in [0.2, 0.25) is 5.75 Å². The molecule has 0 amide bonds. The minimum absolute atomic E-state index is 0.538. The molecule has 0 fully saturated rings. The lowest BCUT2D eigenvalue weighted by Gasteiger charge is -2.13. The fraction of sp³-hybridized carbons (Fsp3) is 0.273. The third-order valence-electron chi connectivity index (χ3n) is 4.37. The van der Waals surface area contributed by atoms with Crippen molar-refractivity contribution in [1.82, 2.24) is 10.2 Å². The summed E-state index contributed by atoms with van der Waals surface area (Å²) in [5.74, 6) is 3.05. The van der Waals surface area contributed by atoms with E-state index in [1.165, 1.54) is 11.8 Å². The predicted molar refractivity (Wildman–Crippen MR) is 126 cm³/mol. The first kappa shape index (κ1) is 22.4. The van der Waals surface area contributed by atoms with E-state index < -0.39 is 0 Å². The van der Waals surface area contributed by atoms with Gasteiger partial charge in [-0.25, -0.2) is 4.99 Å². The van der Waals surface area contributed by atoms with Gasteiger partial charge in [-0.15, -0.1) is 0 Å². The fourth-order valence-corrected chi connectivity index (χ4v) is 3.31. The Balaban J connectivity index is 1.82. The van der Waals surface area contributed by atoms with Crippen LogP contribution in [0.5, 0.6) is 23.0 Å². The van der Waals surface area contributed by atoms with Crippen LogP contribution in [0.15, 0.2) is 47.5 Å². The van der Waals surface area contributed by atoms with Crippen LogP contribution in [0.2, 0.25) is 0 Å². The number of rotatable bonds is 8. The van der Waals surface area contributed by atoms with Crippen LogP contribution in [0.3, 0.4) is 0 Å². The Kier molecular flexibility index (Phi) is 7.66. The maximum atomic E-state index is 5.48. The fourth-order valence-electron chi connectivity index (χ4n) is 2.91. The highest BCUT2D eigenvalue weighted by molar-refractivity contribution is 8.13. The number of ether oxygens (including phenoxy) is 4. The Labute approximate surface area is 186 Å². The molecule has 164 valence electrons. The Morgan fingerprint density at radius 1 is 1.03 bits per heavy atom. The normalized spacial score (nSPS) is 11.2. The molecule has 0 spiro atoms. The van der Waals surface area contributed by atoms with Crippen molar-refractivity contribution >= 4 is 28.4 Å². The van der Waals surface area contributed by atoms with Crippen LogP contribution in [0.4, 0.5) is 11.5 Å². The molecule has 3 aromatic rings. The predicted octanol–water partition coefficient (Wildman–Crippen LogP) is 4.96. The summed E-state index contributed by atoms with van der Waals surface area (Å²) in [5, 5.41) is 11.3. The summed E-state index contributed by atoms with van der Waals surface area (Å²) in [6, 6.07) is 13.3. The van der Waals surface area contributed by atoms with Crippen LogP contribution in [0.1, 0.15) is 6.92 Å². The summed E-state index contributed by atoms with van der Waals surface area (Å²) in [7, 11) is 4.74. The van der Waals surface area contributed by atoms with Gasteiger partial charge in [0.1, 0.15) is 5.75 Å².